The van der Waals surface area contributed by atoms with Crippen LogP contribution in [0.4, 0.5) is 5.69 Å². The summed E-state index contributed by atoms with van der Waals surface area (Å²) in [4.78, 5) is 13.4. The van der Waals surface area contributed by atoms with Crippen LogP contribution in [0.1, 0.15) is 12.5 Å². The molecule has 1 amide bonds. The van der Waals surface area contributed by atoms with Gasteiger partial charge in [-0.25, -0.2) is 0 Å². The molecule has 1 aromatic rings. The molecule has 1 aromatic carbocycles. The largest absolute Gasteiger partial charge is 0.482 e. The molecule has 0 spiro atoms. The van der Waals surface area contributed by atoms with Crippen LogP contribution >= 0.6 is 0 Å². The number of rotatable bonds is 5. The highest BCUT2D eigenvalue weighted by molar-refractivity contribution is 5.95. The zero-order valence-corrected chi connectivity index (χ0v) is 11.7. The number of anilines is 1. The third-order valence-corrected chi connectivity index (χ3v) is 2.97. The summed E-state index contributed by atoms with van der Waals surface area (Å²) >= 11 is 0. The number of ether oxygens (including phenoxy) is 1. The number of hydrogen-bond donors (Lipinski definition) is 2. The number of amides is 1. The Hall–Kier alpha value is -1.59. The van der Waals surface area contributed by atoms with E-state index < -0.39 is 0 Å². The molecule has 2 N–H and O–H groups in total. The van der Waals surface area contributed by atoms with E-state index in [1.165, 1.54) is 0 Å². The van der Waals surface area contributed by atoms with Crippen LogP contribution in [0.3, 0.4) is 0 Å². The predicted octanol–water partition coefficient (Wildman–Crippen LogP) is 1.06. The van der Waals surface area contributed by atoms with E-state index >= 15 is 0 Å². The number of fused-ring (bicyclic) bond motifs is 1. The highest BCUT2D eigenvalue weighted by Crippen LogP contribution is 2.28. The van der Waals surface area contributed by atoms with Crippen molar-refractivity contribution in [1.29, 1.82) is 0 Å². The van der Waals surface area contributed by atoms with Crippen LogP contribution in [0.25, 0.3) is 0 Å². The van der Waals surface area contributed by atoms with Crippen molar-refractivity contribution >= 4 is 11.6 Å². The average molecular weight is 263 g/mol. The number of likely N-dealkylation sites (N-methyl/N-ethyl adjacent to an activating group) is 1. The van der Waals surface area contributed by atoms with E-state index in [1.807, 2.05) is 18.2 Å². The zero-order valence-electron chi connectivity index (χ0n) is 11.7. The average Bonchev–Trinajstić information content (AvgIpc) is 2.35. The van der Waals surface area contributed by atoms with Crippen molar-refractivity contribution in [1.82, 2.24) is 10.2 Å². The molecule has 1 aliphatic heterocycles. The molecule has 5 heteroatoms. The monoisotopic (exact) mass is 263 g/mol. The lowest BCUT2D eigenvalue weighted by Gasteiger charge is -2.20. The number of carbonyl (C=O) groups excluding carboxylic acids is 1. The van der Waals surface area contributed by atoms with Crippen molar-refractivity contribution in [3.63, 3.8) is 0 Å². The first kappa shape index (κ1) is 13.8. The van der Waals surface area contributed by atoms with Gasteiger partial charge in [0.1, 0.15) is 5.75 Å². The fourth-order valence-corrected chi connectivity index (χ4v) is 2.14. The van der Waals surface area contributed by atoms with E-state index in [0.29, 0.717) is 6.04 Å². The van der Waals surface area contributed by atoms with E-state index in [4.69, 9.17) is 4.74 Å². The van der Waals surface area contributed by atoms with Crippen molar-refractivity contribution < 1.29 is 9.53 Å². The molecule has 1 heterocycles. The van der Waals surface area contributed by atoms with Gasteiger partial charge in [0.05, 0.1) is 5.69 Å². The zero-order chi connectivity index (χ0) is 13.8. The fraction of sp³-hybridized carbons (Fsp3) is 0.500. The Kier molecular flexibility index (Phi) is 4.39. The standard InChI is InChI=1S/C14H21N3O2/c1-10(8-17(2)3)15-7-11-4-5-13-12(6-11)16-14(18)9-19-13/h4-6,10,15H,7-9H2,1-3H3,(H,16,18). The van der Waals surface area contributed by atoms with Gasteiger partial charge in [0.25, 0.3) is 5.91 Å². The Labute approximate surface area is 113 Å². The lowest BCUT2D eigenvalue weighted by atomic mass is 10.1. The summed E-state index contributed by atoms with van der Waals surface area (Å²) in [5.41, 5.74) is 1.89. The molecule has 2 rings (SSSR count). The molecule has 0 radical (unpaired) electrons. The minimum atomic E-state index is -0.0985. The van der Waals surface area contributed by atoms with Crippen LogP contribution < -0.4 is 15.4 Å². The second-order valence-corrected chi connectivity index (χ2v) is 5.21. The van der Waals surface area contributed by atoms with E-state index in [9.17, 15) is 4.79 Å². The van der Waals surface area contributed by atoms with Gasteiger partial charge in [-0.3, -0.25) is 4.79 Å². The van der Waals surface area contributed by atoms with Crippen molar-refractivity contribution in [3.05, 3.63) is 23.8 Å². The number of carbonyl (C=O) groups is 1. The Morgan fingerprint density at radius 3 is 3.00 bits per heavy atom. The van der Waals surface area contributed by atoms with Gasteiger partial charge in [-0.15, -0.1) is 0 Å². The van der Waals surface area contributed by atoms with E-state index in [2.05, 4.69) is 36.6 Å². The van der Waals surface area contributed by atoms with E-state index in [1.54, 1.807) is 0 Å². The van der Waals surface area contributed by atoms with Crippen molar-refractivity contribution in [2.24, 2.45) is 0 Å². The van der Waals surface area contributed by atoms with Gasteiger partial charge in [0, 0.05) is 19.1 Å². The first-order valence-electron chi connectivity index (χ1n) is 6.48. The second kappa shape index (κ2) is 6.04. The van der Waals surface area contributed by atoms with Crippen LogP contribution in [0.5, 0.6) is 5.75 Å². The van der Waals surface area contributed by atoms with Gasteiger partial charge in [-0.05, 0) is 38.7 Å². The van der Waals surface area contributed by atoms with Crippen LogP contribution in [0, 0.1) is 0 Å². The van der Waals surface area contributed by atoms with Crippen LogP contribution in [-0.4, -0.2) is 44.1 Å². The highest BCUT2D eigenvalue weighted by atomic mass is 16.5. The van der Waals surface area contributed by atoms with Gasteiger partial charge in [-0.1, -0.05) is 6.07 Å². The topological polar surface area (TPSA) is 53.6 Å². The van der Waals surface area contributed by atoms with E-state index in [-0.39, 0.29) is 12.5 Å². The maximum Gasteiger partial charge on any atom is 0.262 e. The SMILES string of the molecule is CC(CN(C)C)NCc1ccc2c(c1)NC(=O)CO2. The fourth-order valence-electron chi connectivity index (χ4n) is 2.14. The Balaban J connectivity index is 1.94. The summed E-state index contributed by atoms with van der Waals surface area (Å²) < 4.78 is 5.33. The van der Waals surface area contributed by atoms with Crippen molar-refractivity contribution in [2.45, 2.75) is 19.5 Å². The van der Waals surface area contributed by atoms with Crippen LogP contribution in [0.2, 0.25) is 0 Å². The number of hydrogen-bond acceptors (Lipinski definition) is 4. The predicted molar refractivity (Wildman–Crippen MR) is 75.4 cm³/mol. The van der Waals surface area contributed by atoms with Crippen LogP contribution in [-0.2, 0) is 11.3 Å². The van der Waals surface area contributed by atoms with Crippen LogP contribution in [0.15, 0.2) is 18.2 Å². The maximum absolute atomic E-state index is 11.3. The van der Waals surface area contributed by atoms with Gasteiger partial charge < -0.3 is 20.3 Å². The lowest BCUT2D eigenvalue weighted by molar-refractivity contribution is -0.118. The molecule has 1 atom stereocenters. The first-order chi connectivity index (χ1) is 9.04. The Morgan fingerprint density at radius 2 is 2.26 bits per heavy atom. The summed E-state index contributed by atoms with van der Waals surface area (Å²) in [6.07, 6.45) is 0. The quantitative estimate of drug-likeness (QED) is 0.834. The molecule has 19 heavy (non-hydrogen) atoms. The lowest BCUT2D eigenvalue weighted by Crippen LogP contribution is -2.35. The second-order valence-electron chi connectivity index (χ2n) is 5.21. The molecule has 0 fully saturated rings. The molecular weight excluding hydrogens is 242 g/mol. The smallest absolute Gasteiger partial charge is 0.262 e. The van der Waals surface area contributed by atoms with E-state index in [0.717, 1.165) is 30.1 Å². The summed E-state index contributed by atoms with van der Waals surface area (Å²) in [5.74, 6) is 0.642. The normalized spacial score (nSPS) is 15.7. The molecule has 1 unspecified atom stereocenters. The maximum atomic E-state index is 11.3. The first-order valence-corrected chi connectivity index (χ1v) is 6.48. The number of nitrogens with one attached hydrogen (secondary N) is 2. The van der Waals surface area contributed by atoms with Gasteiger partial charge >= 0.3 is 0 Å². The third-order valence-electron chi connectivity index (χ3n) is 2.97. The van der Waals surface area contributed by atoms with Gasteiger partial charge in [0.2, 0.25) is 0 Å². The molecule has 104 valence electrons. The molecule has 1 aliphatic rings. The summed E-state index contributed by atoms with van der Waals surface area (Å²) in [6.45, 7) is 4.02. The molecule has 0 aromatic heterocycles. The molecule has 0 saturated carbocycles. The minimum absolute atomic E-state index is 0.0985. The Bertz CT molecular complexity index is 460. The number of nitrogens with zero attached hydrogens (tertiary/aromatic N) is 1. The highest BCUT2D eigenvalue weighted by Gasteiger charge is 2.15. The third kappa shape index (κ3) is 3.94. The summed E-state index contributed by atoms with van der Waals surface area (Å²) in [6, 6.07) is 6.30. The molecule has 5 nitrogen and oxygen atoms in total. The number of benzene rings is 1. The summed E-state index contributed by atoms with van der Waals surface area (Å²) in [5, 5.41) is 6.27. The molecule has 0 aliphatic carbocycles. The molecule has 0 saturated heterocycles. The Morgan fingerprint density at radius 1 is 1.47 bits per heavy atom. The van der Waals surface area contributed by atoms with Crippen molar-refractivity contribution in [2.75, 3.05) is 32.6 Å². The molecular formula is C14H21N3O2. The van der Waals surface area contributed by atoms with Gasteiger partial charge in [-0.2, -0.15) is 0 Å². The summed E-state index contributed by atoms with van der Waals surface area (Å²) in [7, 11) is 4.12. The molecule has 0 bridgehead atoms. The van der Waals surface area contributed by atoms with Gasteiger partial charge in [0.15, 0.2) is 6.61 Å². The van der Waals surface area contributed by atoms with Crippen molar-refractivity contribution in [3.8, 4) is 5.75 Å². The minimum Gasteiger partial charge on any atom is -0.482 e.